The Morgan fingerprint density at radius 1 is 0.783 bits per heavy atom. The van der Waals surface area contributed by atoms with Crippen molar-refractivity contribution in [2.45, 2.75) is 110 Å². The maximum atomic E-state index is 11.6. The van der Waals surface area contributed by atoms with E-state index in [1.165, 1.54) is 64.2 Å². The Bertz CT molecular complexity index is 305. The molecule has 0 aliphatic carbocycles. The lowest BCUT2D eigenvalue weighted by molar-refractivity contribution is -0.135. The highest BCUT2D eigenvalue weighted by molar-refractivity contribution is 6.71. The summed E-state index contributed by atoms with van der Waals surface area (Å²) in [5.74, 6) is 0.00763. The molecule has 0 saturated carbocycles. The third-order valence-corrected chi connectivity index (χ3v) is 4.65. The summed E-state index contributed by atoms with van der Waals surface area (Å²) in [5, 5.41) is 0. The second-order valence-electron chi connectivity index (χ2n) is 7.57. The largest absolute Gasteiger partial charge is 0.520 e. The summed E-state index contributed by atoms with van der Waals surface area (Å²) in [6.07, 6.45) is 20.6. The van der Waals surface area contributed by atoms with Crippen molar-refractivity contribution < 1.29 is 9.22 Å². The number of hydrogen-bond acceptors (Lipinski definition) is 2. The van der Waals surface area contributed by atoms with Gasteiger partial charge in [-0.2, -0.15) is 0 Å². The van der Waals surface area contributed by atoms with E-state index in [0.717, 1.165) is 12.8 Å². The summed E-state index contributed by atoms with van der Waals surface area (Å²) in [5.41, 5.74) is 0. The number of carbonyl (C=O) groups excluding carboxylic acids is 1. The molecule has 0 aliphatic heterocycles. The van der Waals surface area contributed by atoms with Gasteiger partial charge in [-0.1, -0.05) is 64.0 Å². The Hall–Kier alpha value is -0.573. The van der Waals surface area contributed by atoms with Crippen molar-refractivity contribution in [3.8, 4) is 0 Å². The fourth-order valence-electron chi connectivity index (χ4n) is 2.56. The zero-order valence-corrected chi connectivity index (χ0v) is 17.2. The van der Waals surface area contributed by atoms with Crippen LogP contribution in [0.1, 0.15) is 90.4 Å². The zero-order valence-electron chi connectivity index (χ0n) is 16.2. The minimum absolute atomic E-state index is 0.00763. The lowest BCUT2D eigenvalue weighted by Crippen LogP contribution is -2.28. The van der Waals surface area contributed by atoms with Crippen LogP contribution in [-0.4, -0.2) is 14.3 Å². The minimum Gasteiger partial charge on any atom is -0.520 e. The van der Waals surface area contributed by atoms with Crippen LogP contribution >= 0.6 is 0 Å². The molecule has 0 atom stereocenters. The van der Waals surface area contributed by atoms with E-state index in [1.54, 1.807) is 0 Å². The maximum absolute atomic E-state index is 11.6. The number of allylic oxidation sites excluding steroid dienone is 2. The van der Waals surface area contributed by atoms with Crippen LogP contribution in [0.25, 0.3) is 0 Å². The quantitative estimate of drug-likeness (QED) is 0.182. The van der Waals surface area contributed by atoms with Gasteiger partial charge in [-0.05, 0) is 51.7 Å². The molecule has 0 aromatic rings. The van der Waals surface area contributed by atoms with Crippen molar-refractivity contribution in [1.82, 2.24) is 0 Å². The fraction of sp³-hybridized carbons (Fsp3) is 0.850. The van der Waals surface area contributed by atoms with E-state index in [9.17, 15) is 4.79 Å². The van der Waals surface area contributed by atoms with Crippen molar-refractivity contribution in [1.29, 1.82) is 0 Å². The summed E-state index contributed by atoms with van der Waals surface area (Å²) >= 11 is 0. The van der Waals surface area contributed by atoms with Gasteiger partial charge in [0.1, 0.15) is 0 Å². The molecule has 0 bridgehead atoms. The van der Waals surface area contributed by atoms with Gasteiger partial charge in [0.2, 0.25) is 8.32 Å². The van der Waals surface area contributed by atoms with E-state index in [2.05, 4.69) is 38.7 Å². The molecule has 0 radical (unpaired) electrons. The highest BCUT2D eigenvalue weighted by atomic mass is 28.4. The van der Waals surface area contributed by atoms with Gasteiger partial charge >= 0.3 is 0 Å². The first-order chi connectivity index (χ1) is 11.0. The Kier molecular flexibility index (Phi) is 14.6. The smallest absolute Gasteiger partial charge is 0.292 e. The molecule has 23 heavy (non-hydrogen) atoms. The van der Waals surface area contributed by atoms with Crippen molar-refractivity contribution in [3.63, 3.8) is 0 Å². The minimum atomic E-state index is -1.68. The van der Waals surface area contributed by atoms with Gasteiger partial charge in [0.25, 0.3) is 5.97 Å². The molecule has 0 unspecified atom stereocenters. The zero-order chi connectivity index (χ0) is 17.4. The summed E-state index contributed by atoms with van der Waals surface area (Å²) in [4.78, 5) is 11.6. The molecule has 2 nitrogen and oxygen atoms in total. The van der Waals surface area contributed by atoms with Crippen molar-refractivity contribution in [2.75, 3.05) is 0 Å². The number of hydrogen-bond donors (Lipinski definition) is 0. The Balaban J connectivity index is 3.25. The fourth-order valence-corrected chi connectivity index (χ4v) is 3.34. The van der Waals surface area contributed by atoms with Gasteiger partial charge in [-0.25, -0.2) is 0 Å². The number of unbranched alkanes of at least 4 members (excludes halogenated alkanes) is 10. The van der Waals surface area contributed by atoms with E-state index < -0.39 is 8.32 Å². The molecule has 136 valence electrons. The molecule has 3 heteroatoms. The molecule has 0 heterocycles. The van der Waals surface area contributed by atoms with Crippen LogP contribution in [0.2, 0.25) is 19.6 Å². The van der Waals surface area contributed by atoms with Gasteiger partial charge < -0.3 is 4.43 Å². The van der Waals surface area contributed by atoms with E-state index in [1.807, 2.05) is 0 Å². The highest BCUT2D eigenvalue weighted by Gasteiger charge is 2.19. The third-order valence-electron chi connectivity index (χ3n) is 3.81. The molecule has 0 aromatic heterocycles. The summed E-state index contributed by atoms with van der Waals surface area (Å²) in [7, 11) is -1.68. The molecular weight excluding hydrogens is 300 g/mol. The van der Waals surface area contributed by atoms with Crippen LogP contribution in [0.4, 0.5) is 0 Å². The van der Waals surface area contributed by atoms with E-state index in [0.29, 0.717) is 6.42 Å². The monoisotopic (exact) mass is 340 g/mol. The molecule has 0 fully saturated rings. The van der Waals surface area contributed by atoms with Gasteiger partial charge in [0.15, 0.2) is 0 Å². The lowest BCUT2D eigenvalue weighted by Gasteiger charge is -2.17. The first-order valence-electron chi connectivity index (χ1n) is 9.82. The molecule has 0 amide bonds. The Morgan fingerprint density at radius 2 is 1.26 bits per heavy atom. The summed E-state index contributed by atoms with van der Waals surface area (Å²) in [6, 6.07) is 0. The van der Waals surface area contributed by atoms with Crippen LogP contribution in [0.3, 0.4) is 0 Å². The predicted octanol–water partition coefficient (Wildman–Crippen LogP) is 7.01. The SMILES string of the molecule is CCCCCC/C=C\CCCCCCCCC(=O)O[Si](C)(C)C. The summed E-state index contributed by atoms with van der Waals surface area (Å²) < 4.78 is 5.44. The van der Waals surface area contributed by atoms with Gasteiger partial charge in [0.05, 0.1) is 0 Å². The van der Waals surface area contributed by atoms with E-state index >= 15 is 0 Å². The number of carbonyl (C=O) groups is 1. The van der Waals surface area contributed by atoms with Crippen LogP contribution in [0.15, 0.2) is 12.2 Å². The lowest BCUT2D eigenvalue weighted by atomic mass is 10.1. The molecule has 0 aliphatic rings. The molecular formula is C20H40O2Si. The third kappa shape index (κ3) is 19.4. The Morgan fingerprint density at radius 3 is 1.78 bits per heavy atom. The van der Waals surface area contributed by atoms with Gasteiger partial charge in [-0.15, -0.1) is 0 Å². The first kappa shape index (κ1) is 22.4. The average Bonchev–Trinajstić information content (AvgIpc) is 2.46. The van der Waals surface area contributed by atoms with Gasteiger partial charge in [-0.3, -0.25) is 4.79 Å². The van der Waals surface area contributed by atoms with Crippen LogP contribution < -0.4 is 0 Å². The molecule has 0 saturated heterocycles. The van der Waals surface area contributed by atoms with Crippen molar-refractivity contribution in [2.24, 2.45) is 0 Å². The molecule has 0 rings (SSSR count). The van der Waals surface area contributed by atoms with Crippen molar-refractivity contribution in [3.05, 3.63) is 12.2 Å². The van der Waals surface area contributed by atoms with E-state index in [-0.39, 0.29) is 5.97 Å². The topological polar surface area (TPSA) is 26.3 Å². The van der Waals surface area contributed by atoms with Crippen LogP contribution in [-0.2, 0) is 9.22 Å². The van der Waals surface area contributed by atoms with Crippen LogP contribution in [0.5, 0.6) is 0 Å². The molecule has 0 N–H and O–H groups in total. The number of rotatable bonds is 15. The van der Waals surface area contributed by atoms with Crippen LogP contribution in [0, 0.1) is 0 Å². The predicted molar refractivity (Wildman–Crippen MR) is 104 cm³/mol. The summed E-state index contributed by atoms with van der Waals surface area (Å²) in [6.45, 7) is 8.44. The van der Waals surface area contributed by atoms with Gasteiger partial charge in [0, 0.05) is 6.42 Å². The highest BCUT2D eigenvalue weighted by Crippen LogP contribution is 2.11. The standard InChI is InChI=1S/C20H40O2Si/c1-5-6-7-8-9-10-11-12-13-14-15-16-17-18-19-20(21)22-23(2,3)4/h10-11H,5-9,12-19H2,1-4H3/b11-10-. The molecule has 0 aromatic carbocycles. The normalized spacial score (nSPS) is 12.0. The average molecular weight is 341 g/mol. The second-order valence-corrected chi connectivity index (χ2v) is 12.0. The van der Waals surface area contributed by atoms with Crippen molar-refractivity contribution >= 4 is 14.3 Å². The Labute approximate surface area is 146 Å². The maximum Gasteiger partial charge on any atom is 0.292 e. The second kappa shape index (κ2) is 15.0. The first-order valence-corrected chi connectivity index (χ1v) is 13.2. The van der Waals surface area contributed by atoms with E-state index in [4.69, 9.17) is 4.43 Å². The molecule has 0 spiro atoms.